The predicted molar refractivity (Wildman–Crippen MR) is 84.3 cm³/mol. The molecule has 1 aliphatic rings. The fourth-order valence-electron chi connectivity index (χ4n) is 3.00. The number of aliphatic hydroxyl groups is 1. The van der Waals surface area contributed by atoms with Crippen LogP contribution in [0.4, 0.5) is 19.3 Å². The van der Waals surface area contributed by atoms with E-state index in [2.05, 4.69) is 10.3 Å². The van der Waals surface area contributed by atoms with Crippen LogP contribution in [0.15, 0.2) is 24.3 Å². The summed E-state index contributed by atoms with van der Waals surface area (Å²) >= 11 is 0. The summed E-state index contributed by atoms with van der Waals surface area (Å²) in [5, 5.41) is 20.4. The van der Waals surface area contributed by atoms with Crippen molar-refractivity contribution in [2.45, 2.75) is 25.2 Å². The van der Waals surface area contributed by atoms with Gasteiger partial charge in [-0.15, -0.1) is 0 Å². The Bertz CT molecular complexity index is 772. The number of piperidine rings is 1. The third-order valence-electron chi connectivity index (χ3n) is 4.19. The number of nitrogens with one attached hydrogen (secondary N) is 1. The van der Waals surface area contributed by atoms with Crippen LogP contribution in [0, 0.1) is 5.82 Å². The number of hydrogen-bond donors (Lipinski definition) is 3. The number of hydrogen-bond acceptors (Lipinski definition) is 4. The maximum absolute atomic E-state index is 14.3. The first kappa shape index (κ1) is 16.4. The van der Waals surface area contributed by atoms with Crippen LogP contribution in [-0.2, 0) is 6.61 Å². The molecule has 0 radical (unpaired) electrons. The molecule has 8 heteroatoms. The smallest absolute Gasteiger partial charge is 0.404 e. The Hall–Kier alpha value is -2.48. The average molecular weight is 337 g/mol. The maximum atomic E-state index is 14.3. The molecule has 2 aromatic rings. The molecule has 0 aliphatic carbocycles. The Morgan fingerprint density at radius 2 is 2.17 bits per heavy atom. The van der Waals surface area contributed by atoms with Gasteiger partial charge in [0.25, 0.3) is 0 Å². The second kappa shape index (κ2) is 6.56. The highest BCUT2D eigenvalue weighted by molar-refractivity contribution is 5.91. The van der Waals surface area contributed by atoms with E-state index in [1.165, 1.54) is 18.2 Å². The predicted octanol–water partition coefficient (Wildman–Crippen LogP) is 2.05. The van der Waals surface area contributed by atoms with E-state index in [1.54, 1.807) is 11.0 Å². The molecule has 0 bridgehead atoms. The van der Waals surface area contributed by atoms with Crippen LogP contribution >= 0.6 is 0 Å². The van der Waals surface area contributed by atoms with Crippen LogP contribution < -0.4 is 10.2 Å². The van der Waals surface area contributed by atoms with Gasteiger partial charge in [-0.3, -0.25) is 0 Å². The van der Waals surface area contributed by atoms with Gasteiger partial charge in [0.2, 0.25) is 0 Å². The summed E-state index contributed by atoms with van der Waals surface area (Å²) in [6.07, 6.45) is -2.33. The molecule has 1 fully saturated rings. The van der Waals surface area contributed by atoms with Gasteiger partial charge < -0.3 is 20.4 Å². The number of pyridine rings is 1. The van der Waals surface area contributed by atoms with Gasteiger partial charge in [0.05, 0.1) is 36.1 Å². The molecule has 1 aliphatic heterocycles. The number of carboxylic acid groups (broad SMARTS) is 1. The van der Waals surface area contributed by atoms with E-state index >= 15 is 0 Å². The summed E-state index contributed by atoms with van der Waals surface area (Å²) in [5.41, 5.74) is 1.32. The normalized spacial score (nSPS) is 21.0. The highest BCUT2D eigenvalue weighted by Gasteiger charge is 2.31. The third kappa shape index (κ3) is 3.09. The molecule has 24 heavy (non-hydrogen) atoms. The maximum Gasteiger partial charge on any atom is 0.404 e. The number of nitrogens with zero attached hydrogens (tertiary/aromatic N) is 2. The third-order valence-corrected chi connectivity index (χ3v) is 4.19. The zero-order valence-corrected chi connectivity index (χ0v) is 12.7. The van der Waals surface area contributed by atoms with Crippen LogP contribution in [-0.4, -0.2) is 46.6 Å². The van der Waals surface area contributed by atoms with E-state index in [1.807, 2.05) is 0 Å². The average Bonchev–Trinajstić information content (AvgIpc) is 2.56. The zero-order chi connectivity index (χ0) is 17.3. The summed E-state index contributed by atoms with van der Waals surface area (Å²) in [4.78, 5) is 16.7. The Morgan fingerprint density at radius 3 is 2.83 bits per heavy atom. The molecule has 3 rings (SSSR count). The number of benzene rings is 1. The number of aliphatic hydroxyl groups excluding tert-OH is 1. The van der Waals surface area contributed by atoms with Crippen LogP contribution in [0.5, 0.6) is 0 Å². The Labute approximate surface area is 136 Å². The van der Waals surface area contributed by atoms with Crippen molar-refractivity contribution in [1.29, 1.82) is 0 Å². The number of anilines is 1. The van der Waals surface area contributed by atoms with Crippen LogP contribution in [0.25, 0.3) is 10.9 Å². The molecule has 0 spiro atoms. The van der Waals surface area contributed by atoms with Crippen molar-refractivity contribution in [3.63, 3.8) is 0 Å². The molecule has 2 atom stereocenters. The molecule has 1 saturated heterocycles. The van der Waals surface area contributed by atoms with Gasteiger partial charge in [-0.1, -0.05) is 0 Å². The summed E-state index contributed by atoms with van der Waals surface area (Å²) in [6, 6.07) is 5.15. The van der Waals surface area contributed by atoms with Crippen molar-refractivity contribution in [1.82, 2.24) is 10.3 Å². The van der Waals surface area contributed by atoms with Crippen molar-refractivity contribution in [2.24, 2.45) is 0 Å². The first-order valence-corrected chi connectivity index (χ1v) is 7.57. The van der Waals surface area contributed by atoms with Crippen molar-refractivity contribution in [2.75, 3.05) is 18.0 Å². The van der Waals surface area contributed by atoms with Gasteiger partial charge >= 0.3 is 6.09 Å². The molecule has 1 aromatic carbocycles. The fourth-order valence-corrected chi connectivity index (χ4v) is 3.00. The van der Waals surface area contributed by atoms with Gasteiger partial charge in [-0.25, -0.2) is 18.6 Å². The number of aromatic nitrogens is 1. The minimum absolute atomic E-state index is 0.0172. The second-order valence-electron chi connectivity index (χ2n) is 5.73. The number of fused-ring (bicyclic) bond motifs is 1. The lowest BCUT2D eigenvalue weighted by Crippen LogP contribution is -2.52. The summed E-state index contributed by atoms with van der Waals surface area (Å²) in [5.74, 6) is -0.440. The molecular weight excluding hydrogens is 320 g/mol. The molecule has 1 amide bonds. The lowest BCUT2D eigenvalue weighted by molar-refractivity contribution is 0.168. The second-order valence-corrected chi connectivity index (χ2v) is 5.73. The standard InChI is InChI=1S/C16H17F2N3O3/c17-11-3-4-14(15-10(11)2-1-9(8-22)19-15)21-6-5-13(12(18)7-21)20-16(23)24/h1-4,12-13,20,22H,5-8H2,(H,23,24)/t12-,13+/m1/s1. The number of halogens is 2. The molecular formula is C16H17F2N3O3. The molecule has 1 aromatic heterocycles. The largest absolute Gasteiger partial charge is 0.465 e. The lowest BCUT2D eigenvalue weighted by Gasteiger charge is -2.36. The zero-order valence-electron chi connectivity index (χ0n) is 12.7. The highest BCUT2D eigenvalue weighted by Crippen LogP contribution is 2.30. The number of carbonyl (C=O) groups is 1. The summed E-state index contributed by atoms with van der Waals surface area (Å²) in [6.45, 7) is 0.121. The molecule has 3 N–H and O–H groups in total. The van der Waals surface area contributed by atoms with Gasteiger partial charge in [-0.2, -0.15) is 0 Å². The van der Waals surface area contributed by atoms with Gasteiger partial charge in [0.15, 0.2) is 0 Å². The first-order chi connectivity index (χ1) is 11.5. The number of amides is 1. The highest BCUT2D eigenvalue weighted by atomic mass is 19.1. The summed E-state index contributed by atoms with van der Waals surface area (Å²) in [7, 11) is 0. The van der Waals surface area contributed by atoms with E-state index < -0.39 is 24.1 Å². The van der Waals surface area contributed by atoms with E-state index in [4.69, 9.17) is 5.11 Å². The van der Waals surface area contributed by atoms with Crippen LogP contribution in [0.2, 0.25) is 0 Å². The minimum atomic E-state index is -1.38. The number of alkyl halides is 1. The Morgan fingerprint density at radius 1 is 1.38 bits per heavy atom. The molecule has 2 heterocycles. The fraction of sp³-hybridized carbons (Fsp3) is 0.375. The quantitative estimate of drug-likeness (QED) is 0.798. The number of rotatable bonds is 3. The van der Waals surface area contributed by atoms with Gasteiger partial charge in [0.1, 0.15) is 12.0 Å². The van der Waals surface area contributed by atoms with Gasteiger partial charge in [0, 0.05) is 11.9 Å². The Balaban J connectivity index is 1.92. The van der Waals surface area contributed by atoms with Crippen molar-refractivity contribution in [3.8, 4) is 0 Å². The van der Waals surface area contributed by atoms with E-state index in [0.717, 1.165) is 0 Å². The van der Waals surface area contributed by atoms with Crippen LogP contribution in [0.3, 0.4) is 0 Å². The summed E-state index contributed by atoms with van der Waals surface area (Å²) < 4.78 is 28.2. The van der Waals surface area contributed by atoms with Crippen LogP contribution in [0.1, 0.15) is 12.1 Å². The SMILES string of the molecule is O=C(O)N[C@H]1CCN(c2ccc(F)c3ccc(CO)nc23)C[C@H]1F. The Kier molecular flexibility index (Phi) is 4.48. The monoisotopic (exact) mass is 337 g/mol. The molecule has 6 nitrogen and oxygen atoms in total. The lowest BCUT2D eigenvalue weighted by atomic mass is 10.0. The minimum Gasteiger partial charge on any atom is -0.465 e. The van der Waals surface area contributed by atoms with E-state index in [-0.39, 0.29) is 13.2 Å². The molecule has 0 saturated carbocycles. The van der Waals surface area contributed by atoms with E-state index in [0.29, 0.717) is 35.2 Å². The van der Waals surface area contributed by atoms with Gasteiger partial charge in [-0.05, 0) is 30.7 Å². The molecule has 128 valence electrons. The van der Waals surface area contributed by atoms with Crippen molar-refractivity contribution < 1.29 is 23.8 Å². The molecule has 0 unspecified atom stereocenters. The van der Waals surface area contributed by atoms with Crippen molar-refractivity contribution in [3.05, 3.63) is 35.8 Å². The van der Waals surface area contributed by atoms with Crippen molar-refractivity contribution >= 4 is 22.7 Å². The topological polar surface area (TPSA) is 85.7 Å². The van der Waals surface area contributed by atoms with E-state index in [9.17, 15) is 18.7 Å². The first-order valence-electron chi connectivity index (χ1n) is 7.57.